The topological polar surface area (TPSA) is 161 Å². The minimum absolute atomic E-state index is 0.00610. The van der Waals surface area contributed by atoms with Crippen LogP contribution < -0.4 is 22.3 Å². The van der Waals surface area contributed by atoms with E-state index in [0.29, 0.717) is 5.69 Å². The highest BCUT2D eigenvalue weighted by Gasteiger charge is 2.23. The summed E-state index contributed by atoms with van der Waals surface area (Å²) in [5.74, 6) is -0.631. The maximum atomic E-state index is 14.1. The lowest BCUT2D eigenvalue weighted by Gasteiger charge is -2.21. The summed E-state index contributed by atoms with van der Waals surface area (Å²) in [5.41, 5.74) is 12.3. The molecule has 0 amide bonds. The van der Waals surface area contributed by atoms with Crippen LogP contribution in [0.5, 0.6) is 0 Å². The summed E-state index contributed by atoms with van der Waals surface area (Å²) >= 11 is 6.13. The first-order chi connectivity index (χ1) is 15.7. The molecule has 0 spiro atoms. The summed E-state index contributed by atoms with van der Waals surface area (Å²) in [6.45, 7) is 3.50. The first-order valence-corrected chi connectivity index (χ1v) is 10.0. The third-order valence-electron chi connectivity index (χ3n) is 5.01. The minimum Gasteiger partial charge on any atom is -0.382 e. The molecule has 4 rings (SSSR count). The van der Waals surface area contributed by atoms with Gasteiger partial charge in [-0.2, -0.15) is 15.2 Å². The zero-order valence-electron chi connectivity index (χ0n) is 17.5. The molecule has 1 unspecified atom stereocenters. The highest BCUT2D eigenvalue weighted by Crippen LogP contribution is 2.28. The molecule has 0 aliphatic rings. The van der Waals surface area contributed by atoms with Crippen LogP contribution in [0.2, 0.25) is 5.02 Å². The Labute approximate surface area is 191 Å². The Morgan fingerprint density at radius 2 is 2.00 bits per heavy atom. The number of hydrogen-bond acceptors (Lipinski definition) is 9. The molecule has 0 fully saturated rings. The monoisotopic (exact) mass is 465 g/mol. The molecule has 0 radical (unpaired) electrons. The van der Waals surface area contributed by atoms with Crippen LogP contribution in [0, 0.1) is 24.1 Å². The van der Waals surface area contributed by atoms with Gasteiger partial charge in [-0.15, -0.1) is 0 Å². The van der Waals surface area contributed by atoms with Gasteiger partial charge in [0.2, 0.25) is 5.95 Å². The van der Waals surface area contributed by atoms with Gasteiger partial charge in [-0.25, -0.2) is 9.37 Å². The lowest BCUT2D eigenvalue weighted by Crippen LogP contribution is -2.28. The lowest BCUT2D eigenvalue weighted by molar-refractivity contribution is 0.629. The highest BCUT2D eigenvalue weighted by atomic mass is 35.5. The first kappa shape index (κ1) is 21.9. The molecule has 1 aromatic carbocycles. The van der Waals surface area contributed by atoms with E-state index >= 15 is 0 Å². The van der Waals surface area contributed by atoms with E-state index < -0.39 is 17.4 Å². The smallest absolute Gasteiger partial charge is 0.267 e. The van der Waals surface area contributed by atoms with Crippen LogP contribution in [0.1, 0.15) is 29.9 Å². The van der Waals surface area contributed by atoms with Crippen LogP contribution in [-0.4, -0.2) is 24.5 Å². The molecular weight excluding hydrogens is 449 g/mol. The Morgan fingerprint density at radius 1 is 1.24 bits per heavy atom. The third kappa shape index (κ3) is 3.77. The number of rotatable bonds is 4. The van der Waals surface area contributed by atoms with Crippen molar-refractivity contribution in [1.29, 1.82) is 5.26 Å². The number of hydrogen-bond donors (Lipinski definition) is 3. The molecule has 3 aromatic heterocycles. The van der Waals surface area contributed by atoms with Gasteiger partial charge >= 0.3 is 0 Å². The van der Waals surface area contributed by atoms with Crippen LogP contribution >= 0.6 is 11.6 Å². The standard InChI is InChI=1S/C21H17ClFN9O/c1-9-5-6-27-8-14(9)32-19(29-13-4-3-12(23)16(22)15(13)20(32)33)10(2)28-18-11(7-24)17(25)30-21(26)31-18/h3-6,8,10H,1-2H3,(H5,25,26,28,30,31). The molecule has 166 valence electrons. The highest BCUT2D eigenvalue weighted by molar-refractivity contribution is 6.35. The lowest BCUT2D eigenvalue weighted by atomic mass is 10.1. The fourth-order valence-electron chi connectivity index (χ4n) is 3.42. The molecule has 12 heteroatoms. The van der Waals surface area contributed by atoms with Crippen molar-refractivity contribution in [3.63, 3.8) is 0 Å². The van der Waals surface area contributed by atoms with Crippen LogP contribution in [0.4, 0.5) is 22.0 Å². The zero-order chi connectivity index (χ0) is 23.9. The molecule has 0 saturated heterocycles. The van der Waals surface area contributed by atoms with E-state index in [1.165, 1.54) is 16.8 Å². The van der Waals surface area contributed by atoms with Crippen molar-refractivity contribution in [3.8, 4) is 11.8 Å². The second-order valence-electron chi connectivity index (χ2n) is 7.20. The zero-order valence-corrected chi connectivity index (χ0v) is 18.2. The van der Waals surface area contributed by atoms with Gasteiger partial charge in [-0.3, -0.25) is 14.3 Å². The second kappa shape index (κ2) is 8.33. The number of benzene rings is 1. The van der Waals surface area contributed by atoms with E-state index in [1.54, 1.807) is 26.1 Å². The van der Waals surface area contributed by atoms with Crippen molar-refractivity contribution < 1.29 is 4.39 Å². The number of pyridine rings is 1. The van der Waals surface area contributed by atoms with Crippen LogP contribution in [0.15, 0.2) is 35.4 Å². The number of aromatic nitrogens is 5. The van der Waals surface area contributed by atoms with E-state index in [9.17, 15) is 14.4 Å². The number of nitriles is 1. The SMILES string of the molecule is Cc1ccncc1-n1c(C(C)Nc2nc(N)nc(N)c2C#N)nc2ccc(F)c(Cl)c2c1=O. The molecule has 33 heavy (non-hydrogen) atoms. The summed E-state index contributed by atoms with van der Waals surface area (Å²) in [6.07, 6.45) is 3.08. The number of anilines is 3. The summed E-state index contributed by atoms with van der Waals surface area (Å²) in [6, 6.07) is 5.47. The molecule has 10 nitrogen and oxygen atoms in total. The van der Waals surface area contributed by atoms with Crippen molar-refractivity contribution in [2.75, 3.05) is 16.8 Å². The Kier molecular flexibility index (Phi) is 5.53. The molecule has 0 saturated carbocycles. The Bertz CT molecular complexity index is 1510. The average Bonchev–Trinajstić information content (AvgIpc) is 2.76. The van der Waals surface area contributed by atoms with Crippen LogP contribution in [0.25, 0.3) is 16.6 Å². The van der Waals surface area contributed by atoms with Crippen LogP contribution in [-0.2, 0) is 0 Å². The predicted octanol–water partition coefficient (Wildman–Crippen LogP) is 2.88. The minimum atomic E-state index is -0.734. The fourth-order valence-corrected chi connectivity index (χ4v) is 3.66. The number of nitrogen functional groups attached to an aromatic ring is 2. The van der Waals surface area contributed by atoms with Crippen molar-refractivity contribution in [2.24, 2.45) is 0 Å². The molecular formula is C21H17ClFN9O. The van der Waals surface area contributed by atoms with Gasteiger partial charge in [0.1, 0.15) is 29.1 Å². The number of aryl methyl sites for hydroxylation is 1. The summed E-state index contributed by atoms with van der Waals surface area (Å²) in [5, 5.41) is 12.1. The number of nitrogens with one attached hydrogen (secondary N) is 1. The molecule has 1 atom stereocenters. The molecule has 4 aromatic rings. The van der Waals surface area contributed by atoms with Gasteiger partial charge in [0.05, 0.1) is 33.9 Å². The number of halogens is 2. The average molecular weight is 466 g/mol. The maximum absolute atomic E-state index is 14.1. The normalized spacial score (nSPS) is 11.8. The fraction of sp³-hybridized carbons (Fsp3) is 0.143. The van der Waals surface area contributed by atoms with Crippen molar-refractivity contribution in [2.45, 2.75) is 19.9 Å². The largest absolute Gasteiger partial charge is 0.382 e. The Hall–Kier alpha value is -4.30. The number of fused-ring (bicyclic) bond motifs is 1. The van der Waals surface area contributed by atoms with E-state index in [2.05, 4.69) is 25.3 Å². The predicted molar refractivity (Wildman–Crippen MR) is 122 cm³/mol. The molecule has 0 bridgehead atoms. The van der Waals surface area contributed by atoms with Crippen molar-refractivity contribution >= 4 is 40.1 Å². The molecule has 3 heterocycles. The van der Waals surface area contributed by atoms with Crippen molar-refractivity contribution in [3.05, 3.63) is 68.7 Å². The third-order valence-corrected chi connectivity index (χ3v) is 5.38. The van der Waals surface area contributed by atoms with Gasteiger partial charge in [-0.1, -0.05) is 11.6 Å². The van der Waals surface area contributed by atoms with Crippen LogP contribution in [0.3, 0.4) is 0 Å². The van der Waals surface area contributed by atoms with E-state index in [1.807, 2.05) is 6.07 Å². The van der Waals surface area contributed by atoms with Gasteiger partial charge in [-0.05, 0) is 37.6 Å². The van der Waals surface area contributed by atoms with Gasteiger partial charge in [0, 0.05) is 6.20 Å². The number of nitrogens with two attached hydrogens (primary N) is 2. The molecule has 0 aliphatic carbocycles. The molecule has 0 aliphatic heterocycles. The van der Waals surface area contributed by atoms with E-state index in [4.69, 9.17) is 23.1 Å². The van der Waals surface area contributed by atoms with E-state index in [-0.39, 0.29) is 44.9 Å². The summed E-state index contributed by atoms with van der Waals surface area (Å²) in [4.78, 5) is 30.1. The number of nitrogens with zero attached hydrogens (tertiary/aromatic N) is 6. The summed E-state index contributed by atoms with van der Waals surface area (Å²) < 4.78 is 15.4. The maximum Gasteiger partial charge on any atom is 0.267 e. The second-order valence-corrected chi connectivity index (χ2v) is 7.57. The first-order valence-electron chi connectivity index (χ1n) is 9.64. The van der Waals surface area contributed by atoms with Gasteiger partial charge < -0.3 is 16.8 Å². The van der Waals surface area contributed by atoms with Gasteiger partial charge in [0.15, 0.2) is 5.82 Å². The van der Waals surface area contributed by atoms with Gasteiger partial charge in [0.25, 0.3) is 5.56 Å². The van der Waals surface area contributed by atoms with Crippen molar-refractivity contribution in [1.82, 2.24) is 24.5 Å². The quantitative estimate of drug-likeness (QED) is 0.411. The van der Waals surface area contributed by atoms with E-state index in [0.717, 1.165) is 11.6 Å². The molecule has 5 N–H and O–H groups in total. The summed E-state index contributed by atoms with van der Waals surface area (Å²) in [7, 11) is 0. The Morgan fingerprint density at radius 3 is 2.70 bits per heavy atom. The Balaban J connectivity index is 1.99.